The Morgan fingerprint density at radius 3 is 2.50 bits per heavy atom. The molecule has 0 fully saturated rings. The van der Waals surface area contributed by atoms with Crippen molar-refractivity contribution >= 4 is 11.8 Å². The number of carbonyl (C=O) groups excluding carboxylic acids is 2. The summed E-state index contributed by atoms with van der Waals surface area (Å²) in [6.07, 6.45) is -1.14. The third kappa shape index (κ3) is 3.32. The quantitative estimate of drug-likeness (QED) is 0.893. The Morgan fingerprint density at radius 2 is 1.79 bits per heavy atom. The summed E-state index contributed by atoms with van der Waals surface area (Å²) in [6.45, 7) is 2.06. The van der Waals surface area contributed by atoms with Gasteiger partial charge in [-0.3, -0.25) is 9.59 Å². The fraction of sp³-hybridized carbons (Fsp3) is 0.222. The maximum Gasteiger partial charge on any atom is 0.265 e. The van der Waals surface area contributed by atoms with Crippen LogP contribution in [0.1, 0.15) is 22.8 Å². The van der Waals surface area contributed by atoms with Gasteiger partial charge in [-0.2, -0.15) is 0 Å². The van der Waals surface area contributed by atoms with Gasteiger partial charge in [0, 0.05) is 12.1 Å². The van der Waals surface area contributed by atoms with Crippen molar-refractivity contribution < 1.29 is 19.1 Å². The highest BCUT2D eigenvalue weighted by atomic mass is 16.6. The minimum atomic E-state index is -0.737. The molecule has 0 spiro atoms. The van der Waals surface area contributed by atoms with Gasteiger partial charge in [0.2, 0.25) is 12.0 Å². The van der Waals surface area contributed by atoms with Crippen LogP contribution < -0.4 is 20.5 Å². The maximum absolute atomic E-state index is 12.4. The number of fused-ring (bicyclic) bond motifs is 1. The van der Waals surface area contributed by atoms with Crippen LogP contribution in [0.4, 0.5) is 0 Å². The monoisotopic (exact) mass is 326 g/mol. The fourth-order valence-corrected chi connectivity index (χ4v) is 2.53. The topological polar surface area (TPSA) is 90.7 Å². The summed E-state index contributed by atoms with van der Waals surface area (Å²) < 4.78 is 11.5. The molecule has 0 unspecified atom stereocenters. The van der Waals surface area contributed by atoms with Gasteiger partial charge in [-0.15, -0.1) is 0 Å². The first kappa shape index (κ1) is 15.9. The van der Waals surface area contributed by atoms with Crippen molar-refractivity contribution in [3.63, 3.8) is 0 Å². The molecule has 6 nitrogen and oxygen atoms in total. The number of hydrogen-bond acceptors (Lipinski definition) is 4. The molecule has 3 N–H and O–H groups in total. The van der Waals surface area contributed by atoms with E-state index < -0.39 is 18.1 Å². The molecule has 124 valence electrons. The first-order valence-electron chi connectivity index (χ1n) is 7.63. The van der Waals surface area contributed by atoms with Gasteiger partial charge >= 0.3 is 0 Å². The summed E-state index contributed by atoms with van der Waals surface area (Å²) in [6, 6.07) is 14.0. The molecule has 2 atom stereocenters. The lowest BCUT2D eigenvalue weighted by atomic mass is 10.1. The number of nitrogens with one attached hydrogen (secondary N) is 1. The number of nitrogens with two attached hydrogens (primary N) is 1. The zero-order chi connectivity index (χ0) is 17.1. The molecule has 0 saturated carbocycles. The lowest BCUT2D eigenvalue weighted by molar-refractivity contribution is -0.133. The largest absolute Gasteiger partial charge is 0.482 e. The zero-order valence-corrected chi connectivity index (χ0v) is 13.2. The Hall–Kier alpha value is -3.02. The van der Waals surface area contributed by atoms with Gasteiger partial charge in [-0.1, -0.05) is 24.3 Å². The minimum Gasteiger partial charge on any atom is -0.482 e. The molecule has 6 heteroatoms. The molecule has 1 aliphatic heterocycles. The average molecular weight is 326 g/mol. The molecule has 3 rings (SSSR count). The van der Waals surface area contributed by atoms with Crippen molar-refractivity contribution in [1.82, 2.24) is 5.32 Å². The van der Waals surface area contributed by atoms with Crippen molar-refractivity contribution in [2.75, 3.05) is 0 Å². The predicted octanol–water partition coefficient (Wildman–Crippen LogP) is 1.63. The summed E-state index contributed by atoms with van der Waals surface area (Å²) in [7, 11) is 0. The number of primary amides is 1. The van der Waals surface area contributed by atoms with Crippen LogP contribution in [-0.2, 0) is 11.3 Å². The standard InChI is InChI=1S/C18H18N2O4/c1-11-16(24-15-8-3-2-7-14(15)23-11)18(22)20-10-12-5-4-6-13(9-12)17(19)21/h2-9,11,16H,10H2,1H3,(H2,19,21)(H,20,22)/t11-,16-/m0/s1. The van der Waals surface area contributed by atoms with Crippen LogP contribution in [0.3, 0.4) is 0 Å². The van der Waals surface area contributed by atoms with Crippen LogP contribution in [0.2, 0.25) is 0 Å². The van der Waals surface area contributed by atoms with E-state index in [1.807, 2.05) is 18.2 Å². The Kier molecular flexibility index (Phi) is 4.37. The smallest absolute Gasteiger partial charge is 0.265 e. The first-order chi connectivity index (χ1) is 11.5. The molecular weight excluding hydrogens is 308 g/mol. The predicted molar refractivity (Wildman–Crippen MR) is 87.8 cm³/mol. The van der Waals surface area contributed by atoms with E-state index in [1.54, 1.807) is 37.3 Å². The fourth-order valence-electron chi connectivity index (χ4n) is 2.53. The van der Waals surface area contributed by atoms with Gasteiger partial charge in [0.15, 0.2) is 11.5 Å². The highest BCUT2D eigenvalue weighted by molar-refractivity contribution is 5.92. The van der Waals surface area contributed by atoms with Gasteiger partial charge in [-0.25, -0.2) is 0 Å². The summed E-state index contributed by atoms with van der Waals surface area (Å²) in [5, 5.41) is 2.80. The van der Waals surface area contributed by atoms with Crippen LogP contribution in [0.15, 0.2) is 48.5 Å². The molecule has 0 aromatic heterocycles. The van der Waals surface area contributed by atoms with Gasteiger partial charge in [-0.05, 0) is 36.8 Å². The molecule has 2 amide bonds. The lowest BCUT2D eigenvalue weighted by Crippen LogP contribution is -2.48. The van der Waals surface area contributed by atoms with E-state index in [4.69, 9.17) is 15.2 Å². The second-order valence-electron chi connectivity index (χ2n) is 5.59. The number of benzene rings is 2. The number of amides is 2. The third-order valence-electron chi connectivity index (χ3n) is 3.78. The van der Waals surface area contributed by atoms with Gasteiger partial charge in [0.1, 0.15) is 6.10 Å². The van der Waals surface area contributed by atoms with Crippen molar-refractivity contribution in [2.45, 2.75) is 25.7 Å². The normalized spacial score (nSPS) is 18.7. The second-order valence-corrected chi connectivity index (χ2v) is 5.59. The van der Waals surface area contributed by atoms with E-state index in [0.29, 0.717) is 17.1 Å². The van der Waals surface area contributed by atoms with E-state index in [2.05, 4.69) is 5.32 Å². The van der Waals surface area contributed by atoms with Crippen molar-refractivity contribution in [3.8, 4) is 11.5 Å². The Labute approximate surface area is 139 Å². The third-order valence-corrected chi connectivity index (χ3v) is 3.78. The molecular formula is C18H18N2O4. The first-order valence-corrected chi connectivity index (χ1v) is 7.63. The van der Waals surface area contributed by atoms with Crippen LogP contribution in [0, 0.1) is 0 Å². The van der Waals surface area contributed by atoms with Crippen LogP contribution in [0.5, 0.6) is 11.5 Å². The molecule has 2 aromatic rings. The van der Waals surface area contributed by atoms with Crippen molar-refractivity contribution in [2.24, 2.45) is 5.73 Å². The van der Waals surface area contributed by atoms with E-state index in [9.17, 15) is 9.59 Å². The molecule has 1 aliphatic rings. The summed E-state index contributed by atoms with van der Waals surface area (Å²) in [4.78, 5) is 23.6. The van der Waals surface area contributed by atoms with Crippen molar-refractivity contribution in [3.05, 3.63) is 59.7 Å². The number of para-hydroxylation sites is 2. The number of ether oxygens (including phenoxy) is 2. The summed E-state index contributed by atoms with van der Waals surface area (Å²) in [5.41, 5.74) is 6.44. The van der Waals surface area contributed by atoms with E-state index in [0.717, 1.165) is 5.56 Å². The van der Waals surface area contributed by atoms with Crippen LogP contribution in [-0.4, -0.2) is 24.0 Å². The average Bonchev–Trinajstić information content (AvgIpc) is 2.59. The Morgan fingerprint density at radius 1 is 1.08 bits per heavy atom. The van der Waals surface area contributed by atoms with Crippen molar-refractivity contribution in [1.29, 1.82) is 0 Å². The molecule has 0 saturated heterocycles. The van der Waals surface area contributed by atoms with E-state index >= 15 is 0 Å². The second kappa shape index (κ2) is 6.62. The minimum absolute atomic E-state index is 0.272. The highest BCUT2D eigenvalue weighted by Crippen LogP contribution is 2.33. The number of hydrogen-bond donors (Lipinski definition) is 2. The zero-order valence-electron chi connectivity index (χ0n) is 13.2. The van der Waals surface area contributed by atoms with Crippen LogP contribution in [0.25, 0.3) is 0 Å². The maximum atomic E-state index is 12.4. The van der Waals surface area contributed by atoms with Gasteiger partial charge in [0.25, 0.3) is 5.91 Å². The Balaban J connectivity index is 1.65. The highest BCUT2D eigenvalue weighted by Gasteiger charge is 2.33. The molecule has 2 aromatic carbocycles. The molecule has 0 radical (unpaired) electrons. The number of rotatable bonds is 4. The SMILES string of the molecule is C[C@@H]1Oc2ccccc2O[C@@H]1C(=O)NCc1cccc(C(N)=O)c1. The summed E-state index contributed by atoms with van der Waals surface area (Å²) in [5.74, 6) is 0.397. The van der Waals surface area contributed by atoms with Gasteiger partial charge < -0.3 is 20.5 Å². The summed E-state index contributed by atoms with van der Waals surface area (Å²) >= 11 is 0. The molecule has 0 aliphatic carbocycles. The van der Waals surface area contributed by atoms with Gasteiger partial charge in [0.05, 0.1) is 0 Å². The number of carbonyl (C=O) groups is 2. The van der Waals surface area contributed by atoms with E-state index in [-0.39, 0.29) is 12.5 Å². The van der Waals surface area contributed by atoms with E-state index in [1.165, 1.54) is 0 Å². The Bertz CT molecular complexity index is 775. The molecule has 0 bridgehead atoms. The van der Waals surface area contributed by atoms with Crippen LogP contribution >= 0.6 is 0 Å². The molecule has 1 heterocycles. The molecule has 24 heavy (non-hydrogen) atoms. The lowest BCUT2D eigenvalue weighted by Gasteiger charge is -2.31.